The van der Waals surface area contributed by atoms with Crippen molar-refractivity contribution >= 4 is 38.6 Å². The summed E-state index contributed by atoms with van der Waals surface area (Å²) in [6.07, 6.45) is 0. The average Bonchev–Trinajstić information content (AvgIpc) is 3.42. The topological polar surface area (TPSA) is 3.24 Å². The fraction of sp³-hybridized carbons (Fsp3) is 0.200. The van der Waals surface area contributed by atoms with Gasteiger partial charge in [-0.15, -0.1) is 0 Å². The van der Waals surface area contributed by atoms with E-state index >= 15 is 0 Å². The molecule has 1 heteroatoms. The Morgan fingerprint density at radius 2 is 0.946 bits per heavy atom. The number of hydrogen-bond acceptors (Lipinski definition) is 1. The van der Waals surface area contributed by atoms with Crippen LogP contribution in [-0.2, 0) is 16.2 Å². The van der Waals surface area contributed by atoms with Crippen LogP contribution in [0.4, 0.5) is 17.1 Å². The summed E-state index contributed by atoms with van der Waals surface area (Å²) in [6, 6.07) is 61.5. The summed E-state index contributed by atoms with van der Waals surface area (Å²) in [7, 11) is 0. The number of para-hydroxylation sites is 1. The Bertz CT molecular complexity index is 2760. The number of fused-ring (bicyclic) bond motifs is 5. The van der Waals surface area contributed by atoms with E-state index in [1.165, 1.54) is 77.2 Å². The SMILES string of the molecule is CC(C)(C)c1cc(-c2cccc3cccc(-c4ccccc4N(c4ccc5c(c4)C(C)(C)c4ccccc4-5)c4cccc5ccccc45)c23)cc(C(C)(C)C)c1. The number of rotatable bonds is 5. The second kappa shape index (κ2) is 13.1. The Labute approximate surface area is 333 Å². The van der Waals surface area contributed by atoms with Gasteiger partial charge in [-0.2, -0.15) is 0 Å². The van der Waals surface area contributed by atoms with E-state index in [1.807, 2.05) is 0 Å². The second-order valence-electron chi connectivity index (χ2n) is 18.3. The van der Waals surface area contributed by atoms with Gasteiger partial charge in [-0.1, -0.05) is 195 Å². The van der Waals surface area contributed by atoms with Gasteiger partial charge in [-0.05, 0) is 101 Å². The van der Waals surface area contributed by atoms with Gasteiger partial charge in [-0.25, -0.2) is 0 Å². The minimum Gasteiger partial charge on any atom is -0.309 e. The van der Waals surface area contributed by atoms with Crippen molar-refractivity contribution in [2.24, 2.45) is 0 Å². The number of anilines is 3. The Balaban J connectivity index is 1.32. The molecule has 1 aliphatic rings. The normalized spacial score (nSPS) is 13.5. The van der Waals surface area contributed by atoms with E-state index in [1.54, 1.807) is 0 Å². The number of hydrogen-bond donors (Lipinski definition) is 0. The zero-order valence-electron chi connectivity index (χ0n) is 34.0. The zero-order valence-corrected chi connectivity index (χ0v) is 34.0. The second-order valence-corrected chi connectivity index (χ2v) is 18.3. The van der Waals surface area contributed by atoms with Crippen molar-refractivity contribution in [3.8, 4) is 33.4 Å². The van der Waals surface area contributed by atoms with Gasteiger partial charge < -0.3 is 4.90 Å². The van der Waals surface area contributed by atoms with Crippen LogP contribution in [0.25, 0.3) is 54.9 Å². The van der Waals surface area contributed by atoms with E-state index in [9.17, 15) is 0 Å². The van der Waals surface area contributed by atoms with Gasteiger partial charge in [0.1, 0.15) is 0 Å². The van der Waals surface area contributed by atoms with Gasteiger partial charge in [-0.3, -0.25) is 0 Å². The standard InChI is InChI=1S/C55H51N/c1-53(2,3)39-32-38(33-40(34-39)54(4,5)6)43-25-15-20-37-21-16-26-47(52(37)43)46-24-12-14-28-51(46)56(50-29-17-19-36-18-9-10-22-42(36)50)41-30-31-45-44-23-11-13-27-48(44)55(7,8)49(45)35-41/h9-35H,1-8H3. The molecule has 0 heterocycles. The van der Waals surface area contributed by atoms with Gasteiger partial charge >= 0.3 is 0 Å². The molecule has 0 radical (unpaired) electrons. The summed E-state index contributed by atoms with van der Waals surface area (Å²) in [5.74, 6) is 0. The number of nitrogens with zero attached hydrogens (tertiary/aromatic N) is 1. The van der Waals surface area contributed by atoms with Crippen LogP contribution in [0.15, 0.2) is 164 Å². The van der Waals surface area contributed by atoms with E-state index in [0.29, 0.717) is 0 Å². The number of benzene rings is 8. The molecule has 0 fully saturated rings. The zero-order chi connectivity index (χ0) is 39.0. The summed E-state index contributed by atoms with van der Waals surface area (Å²) in [6.45, 7) is 18.7. The summed E-state index contributed by atoms with van der Waals surface area (Å²) >= 11 is 0. The summed E-state index contributed by atoms with van der Waals surface area (Å²) < 4.78 is 0. The van der Waals surface area contributed by atoms with Crippen LogP contribution >= 0.6 is 0 Å². The lowest BCUT2D eigenvalue weighted by Crippen LogP contribution is -2.17. The van der Waals surface area contributed by atoms with Gasteiger partial charge in [0.05, 0.1) is 11.4 Å². The van der Waals surface area contributed by atoms with Crippen molar-refractivity contribution in [2.75, 3.05) is 4.90 Å². The van der Waals surface area contributed by atoms with Crippen molar-refractivity contribution in [3.05, 3.63) is 186 Å². The highest BCUT2D eigenvalue weighted by Crippen LogP contribution is 2.52. The van der Waals surface area contributed by atoms with E-state index in [4.69, 9.17) is 0 Å². The first-order valence-corrected chi connectivity index (χ1v) is 20.1. The van der Waals surface area contributed by atoms with Crippen molar-refractivity contribution in [1.82, 2.24) is 0 Å². The maximum Gasteiger partial charge on any atom is 0.0540 e. The van der Waals surface area contributed by atoms with Crippen molar-refractivity contribution in [1.29, 1.82) is 0 Å². The van der Waals surface area contributed by atoms with Gasteiger partial charge in [0.2, 0.25) is 0 Å². The molecule has 276 valence electrons. The van der Waals surface area contributed by atoms with Crippen molar-refractivity contribution < 1.29 is 0 Å². The minimum absolute atomic E-state index is 0.0147. The molecule has 8 aromatic rings. The molecule has 0 bridgehead atoms. The van der Waals surface area contributed by atoms with Gasteiger partial charge in [0.25, 0.3) is 0 Å². The van der Waals surface area contributed by atoms with Crippen LogP contribution in [0.5, 0.6) is 0 Å². The highest BCUT2D eigenvalue weighted by molar-refractivity contribution is 6.10. The van der Waals surface area contributed by atoms with Crippen LogP contribution < -0.4 is 4.90 Å². The Kier molecular flexibility index (Phi) is 8.36. The van der Waals surface area contributed by atoms with E-state index < -0.39 is 0 Å². The van der Waals surface area contributed by atoms with E-state index in [-0.39, 0.29) is 16.2 Å². The first kappa shape index (κ1) is 35.8. The molecule has 1 nitrogen and oxygen atoms in total. The quantitative estimate of drug-likeness (QED) is 0.171. The Hall–Kier alpha value is -5.92. The third kappa shape index (κ3) is 5.93. The highest BCUT2D eigenvalue weighted by Gasteiger charge is 2.36. The third-order valence-corrected chi connectivity index (χ3v) is 12.1. The molecule has 0 saturated carbocycles. The molecular weight excluding hydrogens is 675 g/mol. The summed E-state index contributed by atoms with van der Waals surface area (Å²) in [5.41, 5.74) is 16.5. The molecule has 9 rings (SSSR count). The van der Waals surface area contributed by atoms with Crippen molar-refractivity contribution in [3.63, 3.8) is 0 Å². The molecule has 0 atom stereocenters. The summed E-state index contributed by atoms with van der Waals surface area (Å²) in [4.78, 5) is 2.51. The molecule has 0 unspecified atom stereocenters. The smallest absolute Gasteiger partial charge is 0.0540 e. The van der Waals surface area contributed by atoms with Crippen LogP contribution in [0.2, 0.25) is 0 Å². The monoisotopic (exact) mass is 725 g/mol. The molecule has 0 saturated heterocycles. The average molecular weight is 726 g/mol. The molecule has 0 spiro atoms. The van der Waals surface area contributed by atoms with Gasteiger partial charge in [0, 0.05) is 22.1 Å². The molecule has 0 amide bonds. The first-order chi connectivity index (χ1) is 26.8. The van der Waals surface area contributed by atoms with E-state index in [2.05, 4.69) is 224 Å². The first-order valence-electron chi connectivity index (χ1n) is 20.1. The van der Waals surface area contributed by atoms with Crippen LogP contribution in [0.1, 0.15) is 77.6 Å². The lowest BCUT2D eigenvalue weighted by Gasteiger charge is -2.31. The van der Waals surface area contributed by atoms with E-state index in [0.717, 1.165) is 17.1 Å². The Morgan fingerprint density at radius 1 is 0.411 bits per heavy atom. The molecule has 0 aromatic heterocycles. The molecule has 8 aromatic carbocycles. The lowest BCUT2D eigenvalue weighted by molar-refractivity contribution is 0.569. The predicted octanol–water partition coefficient (Wildman–Crippen LogP) is 15.7. The predicted molar refractivity (Wildman–Crippen MR) is 242 cm³/mol. The molecular formula is C55H51N. The lowest BCUT2D eigenvalue weighted by atomic mass is 9.78. The van der Waals surface area contributed by atoms with Crippen molar-refractivity contribution in [2.45, 2.75) is 71.6 Å². The molecule has 0 aliphatic heterocycles. The fourth-order valence-electron chi connectivity index (χ4n) is 8.99. The molecule has 56 heavy (non-hydrogen) atoms. The maximum absolute atomic E-state index is 2.51. The third-order valence-electron chi connectivity index (χ3n) is 12.1. The van der Waals surface area contributed by atoms with Crippen LogP contribution in [0.3, 0.4) is 0 Å². The van der Waals surface area contributed by atoms with Crippen LogP contribution in [-0.4, -0.2) is 0 Å². The Morgan fingerprint density at radius 3 is 1.68 bits per heavy atom. The summed E-state index contributed by atoms with van der Waals surface area (Å²) in [5, 5.41) is 4.96. The molecule has 1 aliphatic carbocycles. The largest absolute Gasteiger partial charge is 0.309 e. The highest BCUT2D eigenvalue weighted by atomic mass is 15.1. The minimum atomic E-state index is -0.121. The van der Waals surface area contributed by atoms with Gasteiger partial charge in [0.15, 0.2) is 0 Å². The maximum atomic E-state index is 2.51. The molecule has 0 N–H and O–H groups in total. The fourth-order valence-corrected chi connectivity index (χ4v) is 8.99. The van der Waals surface area contributed by atoms with Crippen LogP contribution in [0, 0.1) is 0 Å².